The first-order valence-electron chi connectivity index (χ1n) is 8.17. The van der Waals surface area contributed by atoms with Crippen LogP contribution in [0.15, 0.2) is 53.1 Å². The van der Waals surface area contributed by atoms with E-state index in [1.54, 1.807) is 17.0 Å². The van der Waals surface area contributed by atoms with Gasteiger partial charge >= 0.3 is 0 Å². The van der Waals surface area contributed by atoms with Crippen molar-refractivity contribution in [3.63, 3.8) is 0 Å². The Bertz CT molecular complexity index is 649. The third kappa shape index (κ3) is 3.70. The third-order valence-corrected chi connectivity index (χ3v) is 4.34. The van der Waals surface area contributed by atoms with Gasteiger partial charge in [0.2, 0.25) is 11.7 Å². The molecule has 1 saturated heterocycles. The predicted molar refractivity (Wildman–Crippen MR) is 87.2 cm³/mol. The lowest BCUT2D eigenvalue weighted by atomic mass is 10.1. The topological polar surface area (TPSA) is 50.5 Å². The molecule has 3 rings (SSSR count). The number of likely N-dealkylation sites (tertiary alicyclic amines) is 1. The summed E-state index contributed by atoms with van der Waals surface area (Å²) in [7, 11) is 0. The summed E-state index contributed by atoms with van der Waals surface area (Å²) in [4.78, 5) is 26.6. The molecule has 1 aromatic carbocycles. The summed E-state index contributed by atoms with van der Waals surface area (Å²) in [5, 5.41) is 0. The lowest BCUT2D eigenvalue weighted by molar-refractivity contribution is -0.131. The van der Waals surface area contributed by atoms with E-state index in [4.69, 9.17) is 4.42 Å². The molecule has 1 amide bonds. The van der Waals surface area contributed by atoms with Gasteiger partial charge in [-0.15, -0.1) is 0 Å². The fraction of sp³-hybridized carbons (Fsp3) is 0.368. The molecular formula is C19H21NO3. The van der Waals surface area contributed by atoms with Gasteiger partial charge in [0.25, 0.3) is 0 Å². The van der Waals surface area contributed by atoms with E-state index in [-0.39, 0.29) is 17.7 Å². The predicted octanol–water partition coefficient (Wildman–Crippen LogP) is 3.48. The summed E-state index contributed by atoms with van der Waals surface area (Å²) >= 11 is 0. The van der Waals surface area contributed by atoms with Crippen LogP contribution in [-0.2, 0) is 11.2 Å². The Balaban J connectivity index is 1.55. The second-order valence-corrected chi connectivity index (χ2v) is 5.93. The molecule has 0 spiro atoms. The summed E-state index contributed by atoms with van der Waals surface area (Å²) in [5.41, 5.74) is 1.24. The highest BCUT2D eigenvalue weighted by Crippen LogP contribution is 2.23. The number of nitrogens with zero attached hydrogens (tertiary/aromatic N) is 1. The van der Waals surface area contributed by atoms with E-state index in [1.807, 2.05) is 18.2 Å². The summed E-state index contributed by atoms with van der Waals surface area (Å²) in [6.07, 6.45) is 5.27. The molecule has 2 heterocycles. The zero-order chi connectivity index (χ0) is 16.1. The minimum Gasteiger partial charge on any atom is -0.461 e. The average molecular weight is 311 g/mol. The minimum atomic E-state index is -0.356. The first kappa shape index (κ1) is 15.5. The van der Waals surface area contributed by atoms with Gasteiger partial charge in [-0.1, -0.05) is 30.3 Å². The normalized spacial score (nSPS) is 17.4. The number of carbonyl (C=O) groups excluding carboxylic acids is 2. The Morgan fingerprint density at radius 1 is 1.13 bits per heavy atom. The zero-order valence-corrected chi connectivity index (χ0v) is 13.1. The smallest absolute Gasteiger partial charge is 0.223 e. The van der Waals surface area contributed by atoms with Crippen LogP contribution in [0.3, 0.4) is 0 Å². The molecule has 0 unspecified atom stereocenters. The molecule has 120 valence electrons. The molecular weight excluding hydrogens is 290 g/mol. The summed E-state index contributed by atoms with van der Waals surface area (Å²) in [5.74, 6) is 0.339. The lowest BCUT2D eigenvalue weighted by Gasteiger charge is -2.23. The summed E-state index contributed by atoms with van der Waals surface area (Å²) < 4.78 is 5.19. The summed E-state index contributed by atoms with van der Waals surface area (Å²) in [6.45, 7) is 0.668. The Morgan fingerprint density at radius 3 is 2.70 bits per heavy atom. The number of hydrogen-bond acceptors (Lipinski definition) is 3. The van der Waals surface area contributed by atoms with Crippen molar-refractivity contribution in [2.75, 3.05) is 6.54 Å². The molecule has 1 aliphatic rings. The number of Topliss-reactive ketones (excluding diaryl/α,β-unsaturated/α-hetero) is 1. The van der Waals surface area contributed by atoms with Crippen molar-refractivity contribution in [3.8, 4) is 0 Å². The molecule has 1 atom stereocenters. The fourth-order valence-electron chi connectivity index (χ4n) is 3.15. The van der Waals surface area contributed by atoms with Crippen LogP contribution in [0.1, 0.15) is 41.8 Å². The summed E-state index contributed by atoms with van der Waals surface area (Å²) in [6, 6.07) is 13.2. The standard InChI is InChI=1S/C19H21NO3/c21-18(12-4-9-15-7-2-1-3-8-15)20-13-5-10-16(20)19(22)17-11-6-14-23-17/h1-3,6-8,11,14,16H,4-5,9-10,12-13H2/t16-/m0/s1. The lowest BCUT2D eigenvalue weighted by Crippen LogP contribution is -2.40. The van der Waals surface area contributed by atoms with Crippen LogP contribution in [0.2, 0.25) is 0 Å². The molecule has 23 heavy (non-hydrogen) atoms. The molecule has 1 fully saturated rings. The van der Waals surface area contributed by atoms with Crippen LogP contribution in [0.5, 0.6) is 0 Å². The van der Waals surface area contributed by atoms with Gasteiger partial charge in [0, 0.05) is 13.0 Å². The number of hydrogen-bond donors (Lipinski definition) is 0. The first-order chi connectivity index (χ1) is 11.3. The van der Waals surface area contributed by atoms with Crippen LogP contribution in [0.4, 0.5) is 0 Å². The third-order valence-electron chi connectivity index (χ3n) is 4.34. The molecule has 0 bridgehead atoms. The highest BCUT2D eigenvalue weighted by atomic mass is 16.3. The molecule has 0 N–H and O–H groups in total. The average Bonchev–Trinajstić information content (AvgIpc) is 3.27. The van der Waals surface area contributed by atoms with Crippen molar-refractivity contribution < 1.29 is 14.0 Å². The van der Waals surface area contributed by atoms with Crippen molar-refractivity contribution in [3.05, 3.63) is 60.1 Å². The number of amides is 1. The van der Waals surface area contributed by atoms with E-state index in [0.29, 0.717) is 18.7 Å². The van der Waals surface area contributed by atoms with Gasteiger partial charge in [0.1, 0.15) is 0 Å². The highest BCUT2D eigenvalue weighted by Gasteiger charge is 2.35. The number of rotatable bonds is 6. The Hall–Kier alpha value is -2.36. The maximum atomic E-state index is 12.5. The number of ketones is 1. The van der Waals surface area contributed by atoms with Crippen molar-refractivity contribution in [1.29, 1.82) is 0 Å². The second kappa shape index (κ2) is 7.27. The Labute approximate surface area is 136 Å². The van der Waals surface area contributed by atoms with E-state index in [9.17, 15) is 9.59 Å². The maximum absolute atomic E-state index is 12.5. The van der Waals surface area contributed by atoms with Gasteiger partial charge in [-0.3, -0.25) is 9.59 Å². The quantitative estimate of drug-likeness (QED) is 0.767. The minimum absolute atomic E-state index is 0.0725. The Morgan fingerprint density at radius 2 is 1.96 bits per heavy atom. The fourth-order valence-corrected chi connectivity index (χ4v) is 3.15. The molecule has 1 aromatic heterocycles. The van der Waals surface area contributed by atoms with E-state index in [0.717, 1.165) is 25.7 Å². The van der Waals surface area contributed by atoms with E-state index in [1.165, 1.54) is 11.8 Å². The Kier molecular flexibility index (Phi) is 4.91. The molecule has 1 aliphatic heterocycles. The van der Waals surface area contributed by atoms with Gasteiger partial charge in [-0.05, 0) is 43.4 Å². The molecule has 0 radical (unpaired) electrons. The molecule has 4 heteroatoms. The largest absolute Gasteiger partial charge is 0.461 e. The van der Waals surface area contributed by atoms with Crippen LogP contribution < -0.4 is 0 Å². The van der Waals surface area contributed by atoms with Gasteiger partial charge in [-0.2, -0.15) is 0 Å². The van der Waals surface area contributed by atoms with Crippen molar-refractivity contribution in [2.24, 2.45) is 0 Å². The molecule has 4 nitrogen and oxygen atoms in total. The highest BCUT2D eigenvalue weighted by molar-refractivity contribution is 6.00. The van der Waals surface area contributed by atoms with Crippen molar-refractivity contribution in [1.82, 2.24) is 4.90 Å². The zero-order valence-electron chi connectivity index (χ0n) is 13.1. The molecule has 0 aliphatic carbocycles. The number of carbonyl (C=O) groups is 2. The van der Waals surface area contributed by atoms with Crippen LogP contribution in [0, 0.1) is 0 Å². The van der Waals surface area contributed by atoms with E-state index in [2.05, 4.69) is 12.1 Å². The van der Waals surface area contributed by atoms with E-state index < -0.39 is 0 Å². The van der Waals surface area contributed by atoms with Crippen LogP contribution in [-0.4, -0.2) is 29.2 Å². The van der Waals surface area contributed by atoms with Gasteiger partial charge in [-0.25, -0.2) is 0 Å². The van der Waals surface area contributed by atoms with Crippen LogP contribution >= 0.6 is 0 Å². The maximum Gasteiger partial charge on any atom is 0.223 e. The van der Waals surface area contributed by atoms with Crippen molar-refractivity contribution >= 4 is 11.7 Å². The van der Waals surface area contributed by atoms with Crippen LogP contribution in [0.25, 0.3) is 0 Å². The SMILES string of the molecule is O=C(c1ccco1)[C@@H]1CCCN1C(=O)CCCc1ccccc1. The van der Waals surface area contributed by atoms with Gasteiger partial charge in [0.15, 0.2) is 5.76 Å². The van der Waals surface area contributed by atoms with Gasteiger partial charge in [0.05, 0.1) is 12.3 Å². The van der Waals surface area contributed by atoms with Crippen molar-refractivity contribution in [2.45, 2.75) is 38.1 Å². The molecule has 0 saturated carbocycles. The molecule has 2 aromatic rings. The van der Waals surface area contributed by atoms with E-state index >= 15 is 0 Å². The first-order valence-corrected chi connectivity index (χ1v) is 8.17. The van der Waals surface area contributed by atoms with Gasteiger partial charge < -0.3 is 9.32 Å². The number of benzene rings is 1. The second-order valence-electron chi connectivity index (χ2n) is 5.93. The number of furan rings is 1. The monoisotopic (exact) mass is 311 g/mol. The number of aryl methyl sites for hydroxylation is 1.